The van der Waals surface area contributed by atoms with E-state index in [0.717, 1.165) is 77.4 Å². The Hall–Kier alpha value is -3.25. The van der Waals surface area contributed by atoms with Crippen molar-refractivity contribution in [1.29, 1.82) is 0 Å². The second-order valence-corrected chi connectivity index (χ2v) is 14.8. The molecule has 1 aliphatic rings. The Labute approximate surface area is 295 Å². The number of anilines is 2. The number of fused-ring (bicyclic) bond motifs is 2. The molecule has 0 amide bonds. The van der Waals surface area contributed by atoms with Crippen LogP contribution in [-0.2, 0) is 25.5 Å². The SMILES string of the molecule is COCCOCCOCCOCC[n+]1c(N(CCC[N+](C)(C)C)CCC[N+](C)(C)C)cc(C=C2Oc3ccccc3N2C)c2ccccc21. The van der Waals surface area contributed by atoms with Crippen LogP contribution in [-0.4, -0.2) is 138 Å². The van der Waals surface area contributed by atoms with Gasteiger partial charge in [-0.3, -0.25) is 4.90 Å². The Morgan fingerprint density at radius 1 is 0.755 bits per heavy atom. The third kappa shape index (κ3) is 12.2. The molecule has 3 aromatic rings. The van der Waals surface area contributed by atoms with E-state index < -0.39 is 0 Å². The fourth-order valence-electron chi connectivity index (χ4n) is 6.02. The van der Waals surface area contributed by atoms with E-state index in [1.165, 1.54) is 16.7 Å². The van der Waals surface area contributed by atoms with Crippen LogP contribution in [0.5, 0.6) is 5.75 Å². The number of pyridine rings is 1. The summed E-state index contributed by atoms with van der Waals surface area (Å²) in [4.78, 5) is 4.73. The topological polar surface area (TPSA) is 56.5 Å². The van der Waals surface area contributed by atoms with Gasteiger partial charge in [0.15, 0.2) is 5.75 Å². The van der Waals surface area contributed by atoms with Crippen LogP contribution in [0.15, 0.2) is 60.5 Å². The van der Waals surface area contributed by atoms with Gasteiger partial charge < -0.3 is 37.6 Å². The molecule has 4 rings (SSSR count). The highest BCUT2D eigenvalue weighted by Crippen LogP contribution is 2.38. The highest BCUT2D eigenvalue weighted by atomic mass is 16.6. The van der Waals surface area contributed by atoms with Crippen molar-refractivity contribution in [3.63, 3.8) is 0 Å². The first-order valence-corrected chi connectivity index (χ1v) is 17.7. The molecule has 10 heteroatoms. The van der Waals surface area contributed by atoms with E-state index >= 15 is 0 Å². The Morgan fingerprint density at radius 2 is 1.33 bits per heavy atom. The highest BCUT2D eigenvalue weighted by molar-refractivity contribution is 5.88. The highest BCUT2D eigenvalue weighted by Gasteiger charge is 2.27. The van der Waals surface area contributed by atoms with Crippen molar-refractivity contribution in [1.82, 2.24) is 0 Å². The lowest BCUT2D eigenvalue weighted by atomic mass is 10.1. The van der Waals surface area contributed by atoms with Gasteiger partial charge in [-0.2, -0.15) is 0 Å². The zero-order chi connectivity index (χ0) is 35.3. The molecule has 0 aliphatic carbocycles. The fraction of sp³-hybridized carbons (Fsp3) is 0.564. The van der Waals surface area contributed by atoms with Crippen molar-refractivity contribution in [2.75, 3.05) is 139 Å². The van der Waals surface area contributed by atoms with E-state index in [0.29, 0.717) is 46.2 Å². The van der Waals surface area contributed by atoms with Gasteiger partial charge in [-0.25, -0.2) is 4.57 Å². The van der Waals surface area contributed by atoms with Gasteiger partial charge in [0.25, 0.3) is 5.82 Å². The molecule has 2 heterocycles. The van der Waals surface area contributed by atoms with Crippen molar-refractivity contribution < 1.29 is 37.2 Å². The molecule has 49 heavy (non-hydrogen) atoms. The van der Waals surface area contributed by atoms with E-state index in [9.17, 15) is 0 Å². The maximum absolute atomic E-state index is 6.37. The maximum atomic E-state index is 6.37. The smallest absolute Gasteiger partial charge is 0.277 e. The molecule has 2 aromatic carbocycles. The summed E-state index contributed by atoms with van der Waals surface area (Å²) in [6.07, 6.45) is 4.39. The van der Waals surface area contributed by atoms with Gasteiger partial charge in [0.2, 0.25) is 5.88 Å². The average molecular weight is 681 g/mol. The first-order chi connectivity index (χ1) is 23.5. The van der Waals surface area contributed by atoms with Gasteiger partial charge in [-0.05, 0) is 23.8 Å². The molecule has 0 saturated carbocycles. The minimum Gasteiger partial charge on any atom is -0.439 e. The zero-order valence-corrected chi connectivity index (χ0v) is 31.5. The zero-order valence-electron chi connectivity index (χ0n) is 31.5. The summed E-state index contributed by atoms with van der Waals surface area (Å²) < 4.78 is 33.1. The number of aromatic nitrogens is 1. The van der Waals surface area contributed by atoms with Crippen LogP contribution in [0.2, 0.25) is 0 Å². The molecular weight excluding hydrogens is 618 g/mol. The minimum absolute atomic E-state index is 0.538. The van der Waals surface area contributed by atoms with Gasteiger partial charge in [-0.15, -0.1) is 0 Å². The van der Waals surface area contributed by atoms with Crippen molar-refractivity contribution in [3.8, 4) is 5.75 Å². The number of methoxy groups -OCH3 is 1. The van der Waals surface area contributed by atoms with E-state index in [1.54, 1.807) is 7.11 Å². The van der Waals surface area contributed by atoms with Crippen LogP contribution in [0.1, 0.15) is 18.4 Å². The summed E-state index contributed by atoms with van der Waals surface area (Å²) in [6.45, 7) is 8.84. The largest absolute Gasteiger partial charge is 0.439 e. The Bertz CT molecular complexity index is 1460. The van der Waals surface area contributed by atoms with Gasteiger partial charge in [-0.1, -0.05) is 30.3 Å². The number of para-hydroxylation sites is 3. The predicted octanol–water partition coefficient (Wildman–Crippen LogP) is 4.65. The van der Waals surface area contributed by atoms with Gasteiger partial charge in [0, 0.05) is 44.5 Å². The van der Waals surface area contributed by atoms with E-state index in [2.05, 4.69) is 112 Å². The third-order valence-corrected chi connectivity index (χ3v) is 8.59. The molecule has 0 radical (unpaired) electrons. The first-order valence-electron chi connectivity index (χ1n) is 17.7. The number of hydrogen-bond acceptors (Lipinski definition) is 7. The lowest BCUT2D eigenvalue weighted by molar-refractivity contribution is -0.870. The summed E-state index contributed by atoms with van der Waals surface area (Å²) in [5, 5.41) is 1.18. The first kappa shape index (κ1) is 38.6. The van der Waals surface area contributed by atoms with Gasteiger partial charge in [0.05, 0.1) is 120 Å². The van der Waals surface area contributed by atoms with Crippen LogP contribution in [0.4, 0.5) is 11.5 Å². The predicted molar refractivity (Wildman–Crippen MR) is 199 cm³/mol. The van der Waals surface area contributed by atoms with Gasteiger partial charge >= 0.3 is 0 Å². The van der Waals surface area contributed by atoms with E-state index in [4.69, 9.17) is 23.7 Å². The number of quaternary nitrogens is 2. The van der Waals surface area contributed by atoms with Crippen molar-refractivity contribution in [2.24, 2.45) is 0 Å². The molecule has 0 saturated heterocycles. The number of benzene rings is 2. The maximum Gasteiger partial charge on any atom is 0.277 e. The average Bonchev–Trinajstić information content (AvgIpc) is 3.37. The fourth-order valence-corrected chi connectivity index (χ4v) is 6.02. The molecule has 10 nitrogen and oxygen atoms in total. The van der Waals surface area contributed by atoms with Crippen LogP contribution in [0.25, 0.3) is 17.0 Å². The summed E-state index contributed by atoms with van der Waals surface area (Å²) in [6, 6.07) is 19.3. The van der Waals surface area contributed by atoms with Crippen molar-refractivity contribution in [3.05, 3.63) is 66.0 Å². The van der Waals surface area contributed by atoms with E-state index in [1.807, 2.05) is 12.1 Å². The summed E-state index contributed by atoms with van der Waals surface area (Å²) in [5.41, 5.74) is 3.40. The molecule has 0 atom stereocenters. The Balaban J connectivity index is 1.62. The minimum atomic E-state index is 0.538. The molecule has 0 bridgehead atoms. The van der Waals surface area contributed by atoms with Crippen molar-refractivity contribution in [2.45, 2.75) is 19.4 Å². The molecular formula is C39H62N5O5+3. The lowest BCUT2D eigenvalue weighted by Crippen LogP contribution is -2.47. The molecule has 0 N–H and O–H groups in total. The van der Waals surface area contributed by atoms with Gasteiger partial charge in [0.1, 0.15) is 12.1 Å². The molecule has 0 unspecified atom stereocenters. The normalized spacial score (nSPS) is 14.1. The Morgan fingerprint density at radius 3 is 1.94 bits per heavy atom. The molecule has 1 aliphatic heterocycles. The standard InChI is InChI=1S/C39H62N5O5/c1-40-36-17-11-12-18-37(36)49-39(40)32-33-31-38(41(19-13-22-43(2,3)4)20-14-23-44(5,6)7)42(35-16-10-9-15-34(33)35)21-24-46-27-28-48-30-29-47-26-25-45-8/h9-12,15-18,31-32H,13-14,19-30H2,1-8H3/q+3. The second-order valence-electron chi connectivity index (χ2n) is 14.8. The summed E-state index contributed by atoms with van der Waals surface area (Å²) in [7, 11) is 17.4. The third-order valence-electron chi connectivity index (χ3n) is 8.59. The number of nitrogens with zero attached hydrogens (tertiary/aromatic N) is 5. The van der Waals surface area contributed by atoms with Crippen LogP contribution in [0, 0.1) is 0 Å². The molecule has 270 valence electrons. The number of ether oxygens (including phenoxy) is 5. The van der Waals surface area contributed by atoms with E-state index in [-0.39, 0.29) is 0 Å². The molecule has 0 fully saturated rings. The number of rotatable bonds is 22. The monoisotopic (exact) mass is 680 g/mol. The molecule has 1 aromatic heterocycles. The lowest BCUT2D eigenvalue weighted by Gasteiger charge is -2.28. The van der Waals surface area contributed by atoms with Crippen LogP contribution >= 0.6 is 0 Å². The Kier molecular flexibility index (Phi) is 14.7. The quantitative estimate of drug-likeness (QED) is 0.0871. The molecule has 0 spiro atoms. The number of hydrogen-bond donors (Lipinski definition) is 0. The summed E-state index contributed by atoms with van der Waals surface area (Å²) in [5.74, 6) is 2.91. The van der Waals surface area contributed by atoms with Crippen LogP contribution < -0.4 is 19.1 Å². The van der Waals surface area contributed by atoms with Crippen LogP contribution in [0.3, 0.4) is 0 Å². The summed E-state index contributed by atoms with van der Waals surface area (Å²) >= 11 is 0. The second kappa shape index (κ2) is 18.7. The van der Waals surface area contributed by atoms with Crippen molar-refractivity contribution >= 4 is 28.5 Å².